The summed E-state index contributed by atoms with van der Waals surface area (Å²) in [5, 5.41) is 4.09. The van der Waals surface area contributed by atoms with E-state index in [4.69, 9.17) is 10.5 Å². The molecule has 1 rings (SSSR count). The van der Waals surface area contributed by atoms with E-state index in [0.717, 1.165) is 12.1 Å². The predicted octanol–water partition coefficient (Wildman–Crippen LogP) is 1.57. The smallest absolute Gasteiger partial charge is 0.261 e. The van der Waals surface area contributed by atoms with Crippen molar-refractivity contribution >= 4 is 0 Å². The van der Waals surface area contributed by atoms with Gasteiger partial charge in [0.2, 0.25) is 0 Å². The van der Waals surface area contributed by atoms with Gasteiger partial charge in [-0.1, -0.05) is 0 Å². The fourth-order valence-corrected chi connectivity index (χ4v) is 1.29. The van der Waals surface area contributed by atoms with E-state index in [1.54, 1.807) is 10.9 Å². The highest BCUT2D eigenvalue weighted by molar-refractivity contribution is 5.09. The van der Waals surface area contributed by atoms with Crippen molar-refractivity contribution in [1.29, 1.82) is 0 Å². The van der Waals surface area contributed by atoms with Gasteiger partial charge in [0.25, 0.3) is 6.43 Å². The fourth-order valence-electron chi connectivity index (χ4n) is 1.29. The first-order valence-electron chi connectivity index (χ1n) is 5.27. The minimum atomic E-state index is -2.42. The Morgan fingerprint density at radius 1 is 1.56 bits per heavy atom. The van der Waals surface area contributed by atoms with Gasteiger partial charge in [0.05, 0.1) is 6.20 Å². The molecule has 16 heavy (non-hydrogen) atoms. The molecule has 0 bridgehead atoms. The van der Waals surface area contributed by atoms with Gasteiger partial charge in [-0.25, -0.2) is 8.78 Å². The SMILES string of the molecule is CCn1cc(C(N)CCOCC(F)F)cn1. The number of ether oxygens (including phenoxy) is 1. The van der Waals surface area contributed by atoms with Gasteiger partial charge >= 0.3 is 0 Å². The molecular formula is C10H17F2N3O. The summed E-state index contributed by atoms with van der Waals surface area (Å²) in [6, 6.07) is -0.210. The molecule has 0 aliphatic heterocycles. The van der Waals surface area contributed by atoms with Crippen LogP contribution in [0.5, 0.6) is 0 Å². The van der Waals surface area contributed by atoms with E-state index in [9.17, 15) is 8.78 Å². The van der Waals surface area contributed by atoms with Crippen LogP contribution in [-0.4, -0.2) is 29.4 Å². The van der Waals surface area contributed by atoms with Crippen LogP contribution in [-0.2, 0) is 11.3 Å². The highest BCUT2D eigenvalue weighted by atomic mass is 19.3. The van der Waals surface area contributed by atoms with Crippen LogP contribution in [0.4, 0.5) is 8.78 Å². The van der Waals surface area contributed by atoms with E-state index in [0.29, 0.717) is 6.42 Å². The van der Waals surface area contributed by atoms with Crippen molar-refractivity contribution in [2.24, 2.45) is 5.73 Å². The standard InChI is InChI=1S/C10H17F2N3O/c1-2-15-6-8(5-14-15)9(13)3-4-16-7-10(11)12/h5-6,9-10H,2-4,7,13H2,1H3. The molecule has 0 saturated carbocycles. The third kappa shape index (κ3) is 4.24. The molecule has 0 spiro atoms. The molecule has 1 aromatic rings. The molecule has 0 amide bonds. The Balaban J connectivity index is 2.26. The van der Waals surface area contributed by atoms with Crippen LogP contribution in [0.25, 0.3) is 0 Å². The zero-order valence-corrected chi connectivity index (χ0v) is 9.27. The van der Waals surface area contributed by atoms with Crippen molar-refractivity contribution in [3.8, 4) is 0 Å². The van der Waals surface area contributed by atoms with Crippen LogP contribution in [0.1, 0.15) is 24.9 Å². The van der Waals surface area contributed by atoms with Crippen molar-refractivity contribution in [3.63, 3.8) is 0 Å². The number of alkyl halides is 2. The lowest BCUT2D eigenvalue weighted by atomic mass is 10.1. The number of aromatic nitrogens is 2. The Hall–Kier alpha value is -1.01. The molecule has 4 nitrogen and oxygen atoms in total. The van der Waals surface area contributed by atoms with E-state index in [2.05, 4.69) is 5.10 Å². The average Bonchev–Trinajstić information content (AvgIpc) is 2.72. The Morgan fingerprint density at radius 2 is 2.31 bits per heavy atom. The van der Waals surface area contributed by atoms with E-state index < -0.39 is 13.0 Å². The van der Waals surface area contributed by atoms with Crippen molar-refractivity contribution in [2.75, 3.05) is 13.2 Å². The van der Waals surface area contributed by atoms with E-state index in [-0.39, 0.29) is 12.6 Å². The summed E-state index contributed by atoms with van der Waals surface area (Å²) in [5.74, 6) is 0. The third-order valence-corrected chi connectivity index (χ3v) is 2.22. The molecule has 6 heteroatoms. The first-order chi connectivity index (χ1) is 7.63. The molecule has 0 aliphatic rings. The fraction of sp³-hybridized carbons (Fsp3) is 0.700. The molecule has 0 radical (unpaired) electrons. The zero-order valence-electron chi connectivity index (χ0n) is 9.27. The van der Waals surface area contributed by atoms with Gasteiger partial charge in [0, 0.05) is 31.0 Å². The van der Waals surface area contributed by atoms with Gasteiger partial charge < -0.3 is 10.5 Å². The molecule has 0 fully saturated rings. The van der Waals surface area contributed by atoms with Crippen LogP contribution in [0.15, 0.2) is 12.4 Å². The number of nitrogens with two attached hydrogens (primary N) is 1. The van der Waals surface area contributed by atoms with Crippen molar-refractivity contribution < 1.29 is 13.5 Å². The summed E-state index contributed by atoms with van der Waals surface area (Å²) in [4.78, 5) is 0. The van der Waals surface area contributed by atoms with Crippen molar-refractivity contribution in [1.82, 2.24) is 9.78 Å². The first-order valence-corrected chi connectivity index (χ1v) is 5.27. The van der Waals surface area contributed by atoms with Gasteiger partial charge in [-0.15, -0.1) is 0 Å². The lowest BCUT2D eigenvalue weighted by Crippen LogP contribution is -2.14. The second kappa shape index (κ2) is 6.55. The van der Waals surface area contributed by atoms with Crippen LogP contribution >= 0.6 is 0 Å². The van der Waals surface area contributed by atoms with Gasteiger partial charge in [-0.2, -0.15) is 5.10 Å². The molecule has 0 aromatic carbocycles. The second-order valence-corrected chi connectivity index (χ2v) is 3.49. The van der Waals surface area contributed by atoms with Crippen LogP contribution in [0, 0.1) is 0 Å². The summed E-state index contributed by atoms with van der Waals surface area (Å²) in [7, 11) is 0. The third-order valence-electron chi connectivity index (χ3n) is 2.22. The Kier molecular flexibility index (Phi) is 5.34. The summed E-state index contributed by atoms with van der Waals surface area (Å²) in [6.07, 6.45) is 1.65. The normalized spacial score (nSPS) is 13.3. The minimum absolute atomic E-state index is 0.210. The molecule has 0 aliphatic carbocycles. The summed E-state index contributed by atoms with van der Waals surface area (Å²) >= 11 is 0. The summed E-state index contributed by atoms with van der Waals surface area (Å²) in [6.45, 7) is 2.48. The van der Waals surface area contributed by atoms with E-state index >= 15 is 0 Å². The number of aryl methyl sites for hydroxylation is 1. The minimum Gasteiger partial charge on any atom is -0.375 e. The lowest BCUT2D eigenvalue weighted by molar-refractivity contribution is 0.0152. The molecule has 1 aromatic heterocycles. The van der Waals surface area contributed by atoms with Gasteiger partial charge in [-0.3, -0.25) is 4.68 Å². The molecule has 1 atom stereocenters. The quantitative estimate of drug-likeness (QED) is 0.727. The Morgan fingerprint density at radius 3 is 2.88 bits per heavy atom. The van der Waals surface area contributed by atoms with Crippen LogP contribution in [0.3, 0.4) is 0 Å². The number of hydrogen-bond acceptors (Lipinski definition) is 3. The summed E-state index contributed by atoms with van der Waals surface area (Å²) in [5.41, 5.74) is 6.76. The predicted molar refractivity (Wildman–Crippen MR) is 56.3 cm³/mol. The maximum absolute atomic E-state index is 11.8. The molecule has 1 unspecified atom stereocenters. The molecule has 1 heterocycles. The Labute approximate surface area is 93.4 Å². The topological polar surface area (TPSA) is 53.1 Å². The number of hydrogen-bond donors (Lipinski definition) is 1. The molecular weight excluding hydrogens is 216 g/mol. The van der Waals surface area contributed by atoms with E-state index in [1.165, 1.54) is 0 Å². The largest absolute Gasteiger partial charge is 0.375 e. The monoisotopic (exact) mass is 233 g/mol. The van der Waals surface area contributed by atoms with Crippen molar-refractivity contribution in [3.05, 3.63) is 18.0 Å². The van der Waals surface area contributed by atoms with Gasteiger partial charge in [0.15, 0.2) is 0 Å². The van der Waals surface area contributed by atoms with Gasteiger partial charge in [0.1, 0.15) is 6.61 Å². The van der Waals surface area contributed by atoms with Crippen LogP contribution in [0.2, 0.25) is 0 Å². The number of rotatable bonds is 7. The Bertz CT molecular complexity index is 304. The highest BCUT2D eigenvalue weighted by Gasteiger charge is 2.09. The second-order valence-electron chi connectivity index (χ2n) is 3.49. The van der Waals surface area contributed by atoms with Crippen LogP contribution < -0.4 is 5.73 Å². The number of nitrogens with zero attached hydrogens (tertiary/aromatic N) is 2. The first kappa shape index (κ1) is 13.1. The van der Waals surface area contributed by atoms with Crippen molar-refractivity contribution in [2.45, 2.75) is 32.4 Å². The van der Waals surface area contributed by atoms with E-state index in [1.807, 2.05) is 13.1 Å². The molecule has 2 N–H and O–H groups in total. The maximum Gasteiger partial charge on any atom is 0.261 e. The lowest BCUT2D eigenvalue weighted by Gasteiger charge is -2.09. The van der Waals surface area contributed by atoms with Gasteiger partial charge in [-0.05, 0) is 13.3 Å². The molecule has 0 saturated heterocycles. The summed E-state index contributed by atoms with van der Waals surface area (Å²) < 4.78 is 30.1. The number of halogens is 2. The molecule has 92 valence electrons. The highest BCUT2D eigenvalue weighted by Crippen LogP contribution is 2.12. The average molecular weight is 233 g/mol. The maximum atomic E-state index is 11.8. The zero-order chi connectivity index (χ0) is 12.0.